The van der Waals surface area contributed by atoms with Crippen LogP contribution < -0.4 is 10.1 Å². The second-order valence-electron chi connectivity index (χ2n) is 5.00. The van der Waals surface area contributed by atoms with Crippen LogP contribution in [0.25, 0.3) is 0 Å². The van der Waals surface area contributed by atoms with E-state index in [0.29, 0.717) is 5.75 Å². The summed E-state index contributed by atoms with van der Waals surface area (Å²) in [5, 5.41) is 3.45. The minimum Gasteiger partial charge on any atom is -0.495 e. The van der Waals surface area contributed by atoms with Crippen molar-refractivity contribution < 1.29 is 13.2 Å². The summed E-state index contributed by atoms with van der Waals surface area (Å²) < 4.78 is 28.5. The molecular weight excluding hydrogens is 250 g/mol. The van der Waals surface area contributed by atoms with Gasteiger partial charge < -0.3 is 10.1 Å². The van der Waals surface area contributed by atoms with E-state index in [1.807, 2.05) is 12.1 Å². The van der Waals surface area contributed by atoms with Crippen molar-refractivity contribution in [2.24, 2.45) is 0 Å². The van der Waals surface area contributed by atoms with Crippen molar-refractivity contribution in [3.05, 3.63) is 23.8 Å². The molecule has 0 radical (unpaired) electrons. The molecule has 100 valence electrons. The number of ether oxygens (including phenoxy) is 1. The Morgan fingerprint density at radius 3 is 2.61 bits per heavy atom. The first-order valence-electron chi connectivity index (χ1n) is 6.00. The second kappa shape index (κ2) is 4.55. The summed E-state index contributed by atoms with van der Waals surface area (Å²) >= 11 is 0. The van der Waals surface area contributed by atoms with Crippen molar-refractivity contribution in [3.8, 4) is 5.75 Å². The first-order valence-corrected chi connectivity index (χ1v) is 7.89. The van der Waals surface area contributed by atoms with Crippen molar-refractivity contribution in [1.82, 2.24) is 5.32 Å². The van der Waals surface area contributed by atoms with Gasteiger partial charge in [0.25, 0.3) is 0 Å². The third-order valence-electron chi connectivity index (χ3n) is 3.57. The standard InChI is InChI=1S/C13H19NO3S/c1-13(7-4-8-14-13)10-5-6-12(18(3,15)16)11(9-10)17-2/h5-6,9,14H,4,7-8H2,1-3H3. The third kappa shape index (κ3) is 2.37. The minimum absolute atomic E-state index is 0.0800. The number of benzene rings is 1. The smallest absolute Gasteiger partial charge is 0.179 e. The fraction of sp³-hybridized carbons (Fsp3) is 0.538. The van der Waals surface area contributed by atoms with Crippen molar-refractivity contribution in [3.63, 3.8) is 0 Å². The van der Waals surface area contributed by atoms with E-state index in [9.17, 15) is 8.42 Å². The Balaban J connectivity index is 2.48. The average molecular weight is 269 g/mol. The minimum atomic E-state index is -3.25. The molecule has 18 heavy (non-hydrogen) atoms. The summed E-state index contributed by atoms with van der Waals surface area (Å²) in [7, 11) is -1.75. The molecule has 5 heteroatoms. The van der Waals surface area contributed by atoms with Crippen LogP contribution in [0, 0.1) is 0 Å². The number of sulfone groups is 1. The lowest BCUT2D eigenvalue weighted by Crippen LogP contribution is -2.33. The lowest BCUT2D eigenvalue weighted by molar-refractivity contribution is 0.394. The number of rotatable bonds is 3. The fourth-order valence-corrected chi connectivity index (χ4v) is 3.28. The zero-order chi connectivity index (χ0) is 13.4. The van der Waals surface area contributed by atoms with Gasteiger partial charge in [-0.25, -0.2) is 8.42 Å². The Bertz CT molecular complexity index is 545. The lowest BCUT2D eigenvalue weighted by atomic mass is 9.90. The second-order valence-corrected chi connectivity index (χ2v) is 6.98. The maximum Gasteiger partial charge on any atom is 0.179 e. The van der Waals surface area contributed by atoms with Gasteiger partial charge >= 0.3 is 0 Å². The van der Waals surface area contributed by atoms with Crippen LogP contribution in [-0.4, -0.2) is 28.3 Å². The van der Waals surface area contributed by atoms with Crippen LogP contribution >= 0.6 is 0 Å². The normalized spacial score (nSPS) is 24.2. The van der Waals surface area contributed by atoms with Gasteiger partial charge in [-0.05, 0) is 44.0 Å². The molecule has 0 aliphatic carbocycles. The fourth-order valence-electron chi connectivity index (χ4n) is 2.46. The van der Waals surface area contributed by atoms with E-state index in [0.717, 1.165) is 24.9 Å². The van der Waals surface area contributed by atoms with E-state index >= 15 is 0 Å². The van der Waals surface area contributed by atoms with Gasteiger partial charge in [0.2, 0.25) is 0 Å². The Hall–Kier alpha value is -1.07. The molecule has 1 saturated heterocycles. The van der Waals surface area contributed by atoms with Gasteiger partial charge in [-0.15, -0.1) is 0 Å². The summed E-state index contributed by atoms with van der Waals surface area (Å²) in [5.74, 6) is 0.421. The molecule has 1 N–H and O–H groups in total. The Morgan fingerprint density at radius 1 is 1.39 bits per heavy atom. The molecule has 0 saturated carbocycles. The predicted molar refractivity (Wildman–Crippen MR) is 70.7 cm³/mol. The Kier molecular flexibility index (Phi) is 3.38. The van der Waals surface area contributed by atoms with E-state index in [2.05, 4.69) is 12.2 Å². The van der Waals surface area contributed by atoms with Gasteiger partial charge in [0, 0.05) is 11.8 Å². The van der Waals surface area contributed by atoms with Crippen molar-refractivity contribution in [2.45, 2.75) is 30.2 Å². The number of hydrogen-bond acceptors (Lipinski definition) is 4. The summed E-state index contributed by atoms with van der Waals surface area (Å²) in [4.78, 5) is 0.246. The van der Waals surface area contributed by atoms with Gasteiger partial charge in [-0.2, -0.15) is 0 Å². The Morgan fingerprint density at radius 2 is 2.11 bits per heavy atom. The highest BCUT2D eigenvalue weighted by atomic mass is 32.2. The first kappa shape index (κ1) is 13.4. The zero-order valence-corrected chi connectivity index (χ0v) is 11.8. The highest BCUT2D eigenvalue weighted by molar-refractivity contribution is 7.90. The molecule has 1 heterocycles. The van der Waals surface area contributed by atoms with E-state index in [4.69, 9.17) is 4.74 Å². The Labute approximate surface area is 108 Å². The van der Waals surface area contributed by atoms with Crippen LogP contribution in [-0.2, 0) is 15.4 Å². The highest BCUT2D eigenvalue weighted by Gasteiger charge is 2.31. The van der Waals surface area contributed by atoms with Crippen molar-refractivity contribution >= 4 is 9.84 Å². The first-order chi connectivity index (χ1) is 8.37. The summed E-state index contributed by atoms with van der Waals surface area (Å²) in [6, 6.07) is 5.33. The highest BCUT2D eigenvalue weighted by Crippen LogP contribution is 2.34. The molecule has 1 fully saturated rings. The molecule has 1 aliphatic rings. The van der Waals surface area contributed by atoms with Gasteiger partial charge in [0.1, 0.15) is 10.6 Å². The maximum atomic E-state index is 11.6. The van der Waals surface area contributed by atoms with Crippen LogP contribution in [0.1, 0.15) is 25.3 Å². The molecule has 4 nitrogen and oxygen atoms in total. The van der Waals surface area contributed by atoms with E-state index in [1.165, 1.54) is 13.4 Å². The molecule has 1 aromatic rings. The zero-order valence-electron chi connectivity index (χ0n) is 11.0. The van der Waals surface area contributed by atoms with Crippen molar-refractivity contribution in [2.75, 3.05) is 19.9 Å². The lowest BCUT2D eigenvalue weighted by Gasteiger charge is -2.25. The molecule has 2 rings (SSSR count). The number of hydrogen-bond donors (Lipinski definition) is 1. The predicted octanol–water partition coefficient (Wildman–Crippen LogP) is 1.70. The molecule has 1 atom stereocenters. The van der Waals surface area contributed by atoms with E-state index in [1.54, 1.807) is 6.07 Å². The van der Waals surface area contributed by atoms with Crippen LogP contribution in [0.5, 0.6) is 5.75 Å². The molecular formula is C13H19NO3S. The van der Waals surface area contributed by atoms with Crippen LogP contribution in [0.3, 0.4) is 0 Å². The largest absolute Gasteiger partial charge is 0.495 e. The molecule has 1 unspecified atom stereocenters. The van der Waals surface area contributed by atoms with Gasteiger partial charge in [-0.1, -0.05) is 6.07 Å². The van der Waals surface area contributed by atoms with Gasteiger partial charge in [0.15, 0.2) is 9.84 Å². The van der Waals surface area contributed by atoms with Gasteiger partial charge in [-0.3, -0.25) is 0 Å². The number of nitrogens with one attached hydrogen (secondary N) is 1. The molecule has 0 aromatic heterocycles. The third-order valence-corrected chi connectivity index (χ3v) is 4.71. The topological polar surface area (TPSA) is 55.4 Å². The van der Waals surface area contributed by atoms with Crippen LogP contribution in [0.2, 0.25) is 0 Å². The quantitative estimate of drug-likeness (QED) is 0.907. The molecule has 0 amide bonds. The van der Waals surface area contributed by atoms with Crippen LogP contribution in [0.4, 0.5) is 0 Å². The maximum absolute atomic E-state index is 11.6. The summed E-state index contributed by atoms with van der Waals surface area (Å²) in [6.07, 6.45) is 3.38. The molecule has 1 aliphatic heterocycles. The van der Waals surface area contributed by atoms with E-state index < -0.39 is 9.84 Å². The van der Waals surface area contributed by atoms with Crippen molar-refractivity contribution in [1.29, 1.82) is 0 Å². The average Bonchev–Trinajstić information content (AvgIpc) is 2.75. The molecule has 1 aromatic carbocycles. The summed E-state index contributed by atoms with van der Waals surface area (Å²) in [5.41, 5.74) is 0.993. The monoisotopic (exact) mass is 269 g/mol. The SMILES string of the molecule is COc1cc(C2(C)CCCN2)ccc1S(C)(=O)=O. The van der Waals surface area contributed by atoms with Gasteiger partial charge in [0.05, 0.1) is 7.11 Å². The molecule has 0 spiro atoms. The summed E-state index contributed by atoms with van der Waals surface area (Å²) in [6.45, 7) is 3.13. The number of methoxy groups -OCH3 is 1. The van der Waals surface area contributed by atoms with E-state index in [-0.39, 0.29) is 10.4 Å². The van der Waals surface area contributed by atoms with Crippen LogP contribution in [0.15, 0.2) is 23.1 Å². The molecule has 0 bridgehead atoms.